The van der Waals surface area contributed by atoms with Crippen LogP contribution in [0.4, 0.5) is 10.6 Å². The predicted molar refractivity (Wildman–Crippen MR) is 115 cm³/mol. The second-order valence-corrected chi connectivity index (χ2v) is 8.44. The van der Waals surface area contributed by atoms with Crippen LogP contribution in [0.1, 0.15) is 13.3 Å². The van der Waals surface area contributed by atoms with E-state index in [9.17, 15) is 4.79 Å². The number of amides is 1. The highest BCUT2D eigenvalue weighted by Gasteiger charge is 2.52. The van der Waals surface area contributed by atoms with Crippen LogP contribution in [0, 0.1) is 0 Å². The zero-order valence-corrected chi connectivity index (χ0v) is 17.8. The van der Waals surface area contributed by atoms with Gasteiger partial charge < -0.3 is 19.3 Å². The number of anilines is 1. The molecule has 3 aliphatic heterocycles. The molecule has 5 rings (SSSR count). The van der Waals surface area contributed by atoms with Gasteiger partial charge in [0.15, 0.2) is 0 Å². The maximum atomic E-state index is 11.9. The largest absolute Gasteiger partial charge is 0.450 e. The van der Waals surface area contributed by atoms with Crippen LogP contribution in [0.5, 0.6) is 0 Å². The smallest absolute Gasteiger partial charge is 0.409 e. The van der Waals surface area contributed by atoms with Crippen molar-refractivity contribution in [3.63, 3.8) is 0 Å². The van der Waals surface area contributed by atoms with Gasteiger partial charge >= 0.3 is 6.09 Å². The summed E-state index contributed by atoms with van der Waals surface area (Å²) in [5, 5.41) is 7.90. The molecule has 1 spiro atoms. The molecule has 0 N–H and O–H groups in total. The third kappa shape index (κ3) is 3.95. The summed E-state index contributed by atoms with van der Waals surface area (Å²) >= 11 is 0. The molecule has 0 radical (unpaired) electrons. The molecule has 5 heterocycles. The maximum Gasteiger partial charge on any atom is 0.409 e. The van der Waals surface area contributed by atoms with Gasteiger partial charge in [-0.1, -0.05) is 0 Å². The van der Waals surface area contributed by atoms with E-state index in [1.807, 2.05) is 25.3 Å². The number of nitrogens with zero attached hydrogens (tertiary/aromatic N) is 6. The summed E-state index contributed by atoms with van der Waals surface area (Å²) in [6, 6.07) is 6.42. The van der Waals surface area contributed by atoms with Gasteiger partial charge in [0.25, 0.3) is 0 Å². The molecule has 0 aromatic carbocycles. The molecule has 0 aliphatic carbocycles. The maximum absolute atomic E-state index is 11.9. The van der Waals surface area contributed by atoms with Crippen LogP contribution in [-0.2, 0) is 9.47 Å². The van der Waals surface area contributed by atoms with Crippen molar-refractivity contribution in [2.75, 3.05) is 57.4 Å². The third-order valence-corrected chi connectivity index (χ3v) is 6.49. The molecule has 2 aromatic heterocycles. The summed E-state index contributed by atoms with van der Waals surface area (Å²) in [7, 11) is 0. The van der Waals surface area contributed by atoms with Crippen molar-refractivity contribution < 1.29 is 14.3 Å². The number of rotatable bonds is 4. The van der Waals surface area contributed by atoms with Crippen molar-refractivity contribution in [2.45, 2.75) is 25.0 Å². The topological polar surface area (TPSA) is 83.9 Å². The van der Waals surface area contributed by atoms with E-state index in [0.29, 0.717) is 25.7 Å². The highest BCUT2D eigenvalue weighted by molar-refractivity contribution is 5.75. The monoisotopic (exact) mass is 424 g/mol. The minimum absolute atomic E-state index is 0.183. The first-order valence-corrected chi connectivity index (χ1v) is 10.9. The fourth-order valence-corrected chi connectivity index (χ4v) is 4.89. The highest BCUT2D eigenvalue weighted by atomic mass is 16.6. The molecule has 1 amide bonds. The molecule has 31 heavy (non-hydrogen) atoms. The van der Waals surface area contributed by atoms with Crippen molar-refractivity contribution in [1.82, 2.24) is 25.0 Å². The van der Waals surface area contributed by atoms with Gasteiger partial charge in [0.2, 0.25) is 0 Å². The first kappa shape index (κ1) is 20.1. The normalized spacial score (nSPS) is 23.1. The molecule has 3 fully saturated rings. The fourth-order valence-electron chi connectivity index (χ4n) is 4.89. The second-order valence-electron chi connectivity index (χ2n) is 8.44. The van der Waals surface area contributed by atoms with Crippen molar-refractivity contribution in [3.8, 4) is 11.1 Å². The molecular formula is C22H28N6O3. The molecule has 3 saturated heterocycles. The summed E-state index contributed by atoms with van der Waals surface area (Å²) in [5.74, 6) is 0.998. The Balaban J connectivity index is 1.18. The molecule has 0 bridgehead atoms. The van der Waals surface area contributed by atoms with Crippen LogP contribution in [-0.4, -0.2) is 95.2 Å². The SMILES string of the molecule is CCOC(=O)N1CC2(CC(N3CCN(c4ncccc4-c4ccnnc4)CC3)CO2)C1. The lowest BCUT2D eigenvalue weighted by Gasteiger charge is -2.46. The lowest BCUT2D eigenvalue weighted by molar-refractivity contribution is -0.101. The van der Waals surface area contributed by atoms with E-state index in [4.69, 9.17) is 9.47 Å². The minimum Gasteiger partial charge on any atom is -0.450 e. The molecule has 9 nitrogen and oxygen atoms in total. The summed E-state index contributed by atoms with van der Waals surface area (Å²) < 4.78 is 11.2. The van der Waals surface area contributed by atoms with E-state index in [2.05, 4.69) is 31.0 Å². The molecule has 0 saturated carbocycles. The lowest BCUT2D eigenvalue weighted by atomic mass is 9.89. The second kappa shape index (κ2) is 8.39. The zero-order valence-electron chi connectivity index (χ0n) is 17.8. The number of ether oxygens (including phenoxy) is 2. The van der Waals surface area contributed by atoms with E-state index in [-0.39, 0.29) is 11.7 Å². The summed E-state index contributed by atoms with van der Waals surface area (Å²) in [5.41, 5.74) is 1.93. The van der Waals surface area contributed by atoms with Crippen LogP contribution in [0.3, 0.4) is 0 Å². The molecule has 3 aliphatic rings. The van der Waals surface area contributed by atoms with Crippen molar-refractivity contribution in [2.24, 2.45) is 0 Å². The van der Waals surface area contributed by atoms with Crippen LogP contribution >= 0.6 is 0 Å². The average Bonchev–Trinajstić information content (AvgIpc) is 3.25. The Labute approximate surface area is 182 Å². The number of piperazine rings is 1. The Hall–Kier alpha value is -2.78. The predicted octanol–water partition coefficient (Wildman–Crippen LogP) is 1.66. The standard InChI is InChI=1S/C22H28N6O3/c1-2-30-21(29)28-15-22(16-28)12-18(14-31-22)26-8-10-27(11-9-26)20-19(4-3-6-23-20)17-5-7-24-25-13-17/h3-7,13,18H,2,8-12,14-16H2,1H3. The first-order chi connectivity index (χ1) is 15.2. The molecule has 164 valence electrons. The van der Waals surface area contributed by atoms with Gasteiger partial charge in [-0.05, 0) is 31.5 Å². The Bertz CT molecular complexity index is 912. The number of likely N-dealkylation sites (tertiary alicyclic amines) is 1. The quantitative estimate of drug-likeness (QED) is 0.733. The van der Waals surface area contributed by atoms with Crippen LogP contribution in [0.15, 0.2) is 36.8 Å². The first-order valence-electron chi connectivity index (χ1n) is 10.9. The van der Waals surface area contributed by atoms with Gasteiger partial charge in [0, 0.05) is 49.5 Å². The summed E-state index contributed by atoms with van der Waals surface area (Å²) in [4.78, 5) is 23.2. The van der Waals surface area contributed by atoms with E-state index < -0.39 is 0 Å². The van der Waals surface area contributed by atoms with Crippen LogP contribution in [0.2, 0.25) is 0 Å². The van der Waals surface area contributed by atoms with Gasteiger partial charge in [-0.15, -0.1) is 0 Å². The number of hydrogen-bond donors (Lipinski definition) is 0. The van der Waals surface area contributed by atoms with E-state index >= 15 is 0 Å². The number of aromatic nitrogens is 3. The molecule has 1 atom stereocenters. The Morgan fingerprint density at radius 1 is 1.19 bits per heavy atom. The number of carbonyl (C=O) groups is 1. The molecular weight excluding hydrogens is 396 g/mol. The molecule has 9 heteroatoms. The fraction of sp³-hybridized carbons (Fsp3) is 0.545. The van der Waals surface area contributed by atoms with Crippen molar-refractivity contribution in [3.05, 3.63) is 36.8 Å². The van der Waals surface area contributed by atoms with E-state index in [0.717, 1.165) is 56.2 Å². The zero-order chi connectivity index (χ0) is 21.3. The van der Waals surface area contributed by atoms with Crippen LogP contribution in [0.25, 0.3) is 11.1 Å². The van der Waals surface area contributed by atoms with Gasteiger partial charge in [-0.25, -0.2) is 9.78 Å². The van der Waals surface area contributed by atoms with Crippen molar-refractivity contribution in [1.29, 1.82) is 0 Å². The highest BCUT2D eigenvalue weighted by Crippen LogP contribution is 2.38. The summed E-state index contributed by atoms with van der Waals surface area (Å²) in [6.07, 6.45) is 6.08. The Morgan fingerprint density at radius 2 is 2.03 bits per heavy atom. The number of hydrogen-bond acceptors (Lipinski definition) is 8. The summed E-state index contributed by atoms with van der Waals surface area (Å²) in [6.45, 7) is 8.02. The van der Waals surface area contributed by atoms with Crippen molar-refractivity contribution >= 4 is 11.9 Å². The third-order valence-electron chi connectivity index (χ3n) is 6.49. The van der Waals surface area contributed by atoms with E-state index in [1.165, 1.54) is 0 Å². The van der Waals surface area contributed by atoms with Gasteiger partial charge in [0.1, 0.15) is 11.4 Å². The number of carbonyl (C=O) groups excluding carboxylic acids is 1. The number of pyridine rings is 1. The van der Waals surface area contributed by atoms with Gasteiger partial charge in [-0.3, -0.25) is 4.90 Å². The Kier molecular flexibility index (Phi) is 5.45. The van der Waals surface area contributed by atoms with Crippen LogP contribution < -0.4 is 4.90 Å². The lowest BCUT2D eigenvalue weighted by Crippen LogP contribution is -2.63. The minimum atomic E-state index is -0.232. The molecule has 2 aromatic rings. The average molecular weight is 425 g/mol. The molecule has 1 unspecified atom stereocenters. The van der Waals surface area contributed by atoms with Gasteiger partial charge in [0.05, 0.1) is 38.7 Å². The van der Waals surface area contributed by atoms with E-state index in [1.54, 1.807) is 17.3 Å². The van der Waals surface area contributed by atoms with Gasteiger partial charge in [-0.2, -0.15) is 10.2 Å². The Morgan fingerprint density at radius 3 is 2.77 bits per heavy atom.